The number of rotatable bonds is 5. The van der Waals surface area contributed by atoms with E-state index in [1.807, 2.05) is 20.8 Å². The van der Waals surface area contributed by atoms with Gasteiger partial charge in [-0.2, -0.15) is 0 Å². The number of amides is 2. The molecule has 0 spiro atoms. The van der Waals surface area contributed by atoms with Crippen LogP contribution in [0.2, 0.25) is 0 Å². The maximum Gasteiger partial charge on any atom is 0.341 e. The number of hydrogen-bond acceptors (Lipinski definition) is 7. The third-order valence-electron chi connectivity index (χ3n) is 4.53. The van der Waals surface area contributed by atoms with Gasteiger partial charge < -0.3 is 10.1 Å². The van der Waals surface area contributed by atoms with Crippen molar-refractivity contribution in [1.29, 1.82) is 0 Å². The summed E-state index contributed by atoms with van der Waals surface area (Å²) in [7, 11) is 1.32. The summed E-state index contributed by atoms with van der Waals surface area (Å²) in [5.74, 6) is -0.594. The molecule has 9 heteroatoms. The average Bonchev–Trinajstić information content (AvgIpc) is 3.12. The standard InChI is InChI=1S/C18H23N3O4S2/c1-9(2)14-10(3)13(17(24)25-4)15(27-14)20-12(22)8-11-16(23)21-7-5-6-19-18(21)26-11/h9,11H,5-8H2,1-4H3,(H,20,22). The van der Waals surface area contributed by atoms with Gasteiger partial charge in [-0.15, -0.1) is 11.3 Å². The highest BCUT2D eigenvalue weighted by molar-refractivity contribution is 8.15. The minimum atomic E-state index is -0.469. The first-order chi connectivity index (χ1) is 12.8. The molecular weight excluding hydrogens is 386 g/mol. The predicted octanol–water partition coefficient (Wildman–Crippen LogP) is 3.00. The summed E-state index contributed by atoms with van der Waals surface area (Å²) in [4.78, 5) is 44.3. The number of methoxy groups -OCH3 is 1. The first-order valence-electron chi connectivity index (χ1n) is 8.87. The summed E-state index contributed by atoms with van der Waals surface area (Å²) in [6.45, 7) is 7.32. The number of hydrogen-bond donors (Lipinski definition) is 1. The lowest BCUT2D eigenvalue weighted by molar-refractivity contribution is -0.128. The van der Waals surface area contributed by atoms with Crippen molar-refractivity contribution in [3.63, 3.8) is 0 Å². The van der Waals surface area contributed by atoms with Crippen molar-refractivity contribution in [3.05, 3.63) is 16.0 Å². The van der Waals surface area contributed by atoms with Crippen LogP contribution in [0.15, 0.2) is 4.99 Å². The fraction of sp³-hybridized carbons (Fsp3) is 0.556. The van der Waals surface area contributed by atoms with E-state index in [2.05, 4.69) is 10.3 Å². The zero-order valence-electron chi connectivity index (χ0n) is 15.8. The van der Waals surface area contributed by atoms with E-state index in [0.29, 0.717) is 22.3 Å². The fourth-order valence-electron chi connectivity index (χ4n) is 3.23. The van der Waals surface area contributed by atoms with Crippen LogP contribution in [0.3, 0.4) is 0 Å². The first-order valence-corrected chi connectivity index (χ1v) is 10.6. The largest absolute Gasteiger partial charge is 0.465 e. The van der Waals surface area contributed by atoms with Crippen LogP contribution in [0.4, 0.5) is 5.00 Å². The molecule has 1 atom stereocenters. The Hall–Kier alpha value is -1.87. The molecule has 0 saturated carbocycles. The number of amidine groups is 1. The van der Waals surface area contributed by atoms with Crippen molar-refractivity contribution >= 4 is 51.1 Å². The van der Waals surface area contributed by atoms with Gasteiger partial charge >= 0.3 is 5.97 Å². The van der Waals surface area contributed by atoms with E-state index >= 15 is 0 Å². The number of thioether (sulfide) groups is 1. The van der Waals surface area contributed by atoms with Crippen LogP contribution in [-0.2, 0) is 14.3 Å². The molecule has 1 saturated heterocycles. The normalized spacial score (nSPS) is 19.1. The van der Waals surface area contributed by atoms with Gasteiger partial charge in [-0.25, -0.2) is 4.79 Å². The molecule has 1 fully saturated rings. The molecule has 0 aromatic carbocycles. The molecule has 27 heavy (non-hydrogen) atoms. The second-order valence-electron chi connectivity index (χ2n) is 6.81. The molecule has 2 aliphatic rings. The Labute approximate surface area is 166 Å². The lowest BCUT2D eigenvalue weighted by Gasteiger charge is -2.19. The quantitative estimate of drug-likeness (QED) is 0.756. The van der Waals surface area contributed by atoms with Crippen molar-refractivity contribution in [2.45, 2.75) is 44.8 Å². The molecule has 7 nitrogen and oxygen atoms in total. The van der Waals surface area contributed by atoms with Gasteiger partial charge in [0, 0.05) is 24.4 Å². The second-order valence-corrected chi connectivity index (χ2v) is 9.03. The van der Waals surface area contributed by atoms with Gasteiger partial charge in [0.15, 0.2) is 5.17 Å². The summed E-state index contributed by atoms with van der Waals surface area (Å²) in [6, 6.07) is 0. The van der Waals surface area contributed by atoms with Crippen LogP contribution in [0.25, 0.3) is 0 Å². The number of nitrogens with zero attached hydrogens (tertiary/aromatic N) is 2. The Bertz CT molecular complexity index is 816. The Kier molecular flexibility index (Phi) is 5.90. The number of carbonyl (C=O) groups excluding carboxylic acids is 3. The van der Waals surface area contributed by atoms with E-state index in [4.69, 9.17) is 4.74 Å². The smallest absolute Gasteiger partial charge is 0.341 e. The van der Waals surface area contributed by atoms with Crippen molar-refractivity contribution in [3.8, 4) is 0 Å². The molecule has 2 amide bonds. The summed E-state index contributed by atoms with van der Waals surface area (Å²) in [5.41, 5.74) is 1.22. The number of ether oxygens (including phenoxy) is 1. The van der Waals surface area contributed by atoms with Crippen LogP contribution < -0.4 is 5.32 Å². The maximum atomic E-state index is 12.6. The number of fused-ring (bicyclic) bond motifs is 1. The van der Waals surface area contributed by atoms with E-state index in [1.54, 1.807) is 4.90 Å². The van der Waals surface area contributed by atoms with Crippen LogP contribution >= 0.6 is 23.1 Å². The SMILES string of the molecule is COC(=O)c1c(NC(=O)CC2SC3=NCCCN3C2=O)sc(C(C)C)c1C. The molecule has 0 aliphatic carbocycles. The van der Waals surface area contributed by atoms with Crippen LogP contribution in [-0.4, -0.2) is 53.3 Å². The lowest BCUT2D eigenvalue weighted by Crippen LogP contribution is -2.36. The van der Waals surface area contributed by atoms with Crippen molar-refractivity contribution in [2.75, 3.05) is 25.5 Å². The first kappa shape index (κ1) is 19.9. The molecule has 1 N–H and O–H groups in total. The summed E-state index contributed by atoms with van der Waals surface area (Å²) < 4.78 is 4.88. The second kappa shape index (κ2) is 8.02. The van der Waals surface area contributed by atoms with Gasteiger partial charge in [-0.3, -0.25) is 19.5 Å². The molecule has 146 valence electrons. The van der Waals surface area contributed by atoms with Crippen molar-refractivity contribution in [1.82, 2.24) is 4.90 Å². The van der Waals surface area contributed by atoms with Crippen molar-refractivity contribution < 1.29 is 19.1 Å². The van der Waals surface area contributed by atoms with E-state index in [-0.39, 0.29) is 24.2 Å². The third kappa shape index (κ3) is 3.89. The number of esters is 1. The molecule has 0 bridgehead atoms. The molecule has 1 unspecified atom stereocenters. The van der Waals surface area contributed by atoms with Crippen LogP contribution in [0, 0.1) is 6.92 Å². The topological polar surface area (TPSA) is 88.1 Å². The number of thiophene rings is 1. The minimum Gasteiger partial charge on any atom is -0.465 e. The minimum absolute atomic E-state index is 0.0492. The number of anilines is 1. The van der Waals surface area contributed by atoms with Gasteiger partial charge in [0.1, 0.15) is 10.3 Å². The highest BCUT2D eigenvalue weighted by Crippen LogP contribution is 2.38. The van der Waals surface area contributed by atoms with E-state index < -0.39 is 11.2 Å². The fourth-order valence-corrected chi connectivity index (χ4v) is 5.64. The molecule has 2 aliphatic heterocycles. The average molecular weight is 410 g/mol. The monoisotopic (exact) mass is 409 g/mol. The van der Waals surface area contributed by atoms with E-state index in [9.17, 15) is 14.4 Å². The van der Waals surface area contributed by atoms with Gasteiger partial charge in [-0.05, 0) is 24.8 Å². The van der Waals surface area contributed by atoms with E-state index in [0.717, 1.165) is 23.4 Å². The highest BCUT2D eigenvalue weighted by atomic mass is 32.2. The maximum absolute atomic E-state index is 12.6. The van der Waals surface area contributed by atoms with Crippen LogP contribution in [0.5, 0.6) is 0 Å². The Morgan fingerprint density at radius 3 is 2.78 bits per heavy atom. The summed E-state index contributed by atoms with van der Waals surface area (Å²) in [5, 5.41) is 3.56. The Morgan fingerprint density at radius 1 is 1.41 bits per heavy atom. The predicted molar refractivity (Wildman–Crippen MR) is 108 cm³/mol. The molecular formula is C18H23N3O4S2. The molecule has 0 radical (unpaired) electrons. The third-order valence-corrected chi connectivity index (χ3v) is 7.25. The molecule has 3 rings (SSSR count). The summed E-state index contributed by atoms with van der Waals surface area (Å²) in [6.07, 6.45) is 0.900. The zero-order chi connectivity index (χ0) is 19.7. The van der Waals surface area contributed by atoms with Crippen LogP contribution in [0.1, 0.15) is 53.4 Å². The Morgan fingerprint density at radius 2 is 2.15 bits per heavy atom. The molecule has 3 heterocycles. The molecule has 1 aromatic heterocycles. The molecule has 1 aromatic rings. The van der Waals surface area contributed by atoms with E-state index in [1.165, 1.54) is 30.2 Å². The summed E-state index contributed by atoms with van der Waals surface area (Å²) >= 11 is 2.73. The van der Waals surface area contributed by atoms with Crippen molar-refractivity contribution in [2.24, 2.45) is 4.99 Å². The van der Waals surface area contributed by atoms with Gasteiger partial charge in [0.05, 0.1) is 12.7 Å². The number of aliphatic imine (C=N–C) groups is 1. The number of carbonyl (C=O) groups is 3. The van der Waals surface area contributed by atoms with Gasteiger partial charge in [0.2, 0.25) is 11.8 Å². The zero-order valence-corrected chi connectivity index (χ0v) is 17.5. The van der Waals surface area contributed by atoms with Gasteiger partial charge in [0.25, 0.3) is 0 Å². The lowest BCUT2D eigenvalue weighted by atomic mass is 10.1. The highest BCUT2D eigenvalue weighted by Gasteiger charge is 2.40. The number of nitrogens with one attached hydrogen (secondary N) is 1. The Balaban J connectivity index is 1.75. The van der Waals surface area contributed by atoms with Gasteiger partial charge in [-0.1, -0.05) is 25.6 Å².